The van der Waals surface area contributed by atoms with Crippen molar-refractivity contribution in [2.45, 2.75) is 13.0 Å². The number of benzene rings is 2. The number of non-ortho nitro benzene ring substituents is 1. The number of hydrogen-bond donors (Lipinski definition) is 2. The van der Waals surface area contributed by atoms with E-state index < -0.39 is 4.92 Å². The number of methoxy groups -OCH3 is 1. The van der Waals surface area contributed by atoms with Gasteiger partial charge in [0.2, 0.25) is 0 Å². The topological polar surface area (TPSA) is 110 Å². The molecular weight excluding hydrogens is 348 g/mol. The van der Waals surface area contributed by atoms with Crippen molar-refractivity contribution in [1.29, 1.82) is 0 Å². The molecule has 8 heteroatoms. The van der Waals surface area contributed by atoms with Crippen molar-refractivity contribution in [2.75, 3.05) is 7.11 Å². The number of aromatic nitrogens is 2. The third kappa shape index (κ3) is 3.95. The van der Waals surface area contributed by atoms with Gasteiger partial charge in [-0.2, -0.15) is 5.10 Å². The van der Waals surface area contributed by atoms with E-state index in [4.69, 9.17) is 4.74 Å². The second-order valence-corrected chi connectivity index (χ2v) is 5.93. The van der Waals surface area contributed by atoms with E-state index in [2.05, 4.69) is 15.5 Å². The highest BCUT2D eigenvalue weighted by Crippen LogP contribution is 2.24. The Morgan fingerprint density at radius 2 is 1.85 bits per heavy atom. The van der Waals surface area contributed by atoms with Crippen molar-refractivity contribution >= 4 is 11.6 Å². The van der Waals surface area contributed by atoms with Crippen LogP contribution in [0.5, 0.6) is 5.75 Å². The Kier molecular flexibility index (Phi) is 5.16. The predicted molar refractivity (Wildman–Crippen MR) is 99.6 cm³/mol. The molecule has 138 valence electrons. The average molecular weight is 366 g/mol. The van der Waals surface area contributed by atoms with E-state index in [1.165, 1.54) is 18.3 Å². The molecule has 27 heavy (non-hydrogen) atoms. The van der Waals surface area contributed by atoms with Gasteiger partial charge in [-0.1, -0.05) is 12.1 Å². The van der Waals surface area contributed by atoms with Gasteiger partial charge in [0, 0.05) is 17.7 Å². The summed E-state index contributed by atoms with van der Waals surface area (Å²) in [6.45, 7) is 1.88. The minimum absolute atomic E-state index is 0.0163. The van der Waals surface area contributed by atoms with E-state index in [1.54, 1.807) is 19.2 Å². The number of nitro benzene ring substituents is 1. The van der Waals surface area contributed by atoms with Gasteiger partial charge < -0.3 is 10.1 Å². The standard InChI is InChI=1S/C19H18N4O4/c1-12(13-5-9-16(27-2)10-6-13)21-19(24)17-11-20-22-18(17)14-3-7-15(8-4-14)23(25)26/h3-12H,1-2H3,(H,20,22)(H,21,24). The van der Waals surface area contributed by atoms with E-state index in [0.29, 0.717) is 16.8 Å². The third-order valence-electron chi connectivity index (χ3n) is 4.21. The molecule has 0 aliphatic rings. The van der Waals surface area contributed by atoms with Crippen LogP contribution in [-0.4, -0.2) is 28.1 Å². The van der Waals surface area contributed by atoms with Crippen LogP contribution in [0.4, 0.5) is 5.69 Å². The fraction of sp³-hybridized carbons (Fsp3) is 0.158. The smallest absolute Gasteiger partial charge is 0.269 e. The molecular formula is C19H18N4O4. The number of hydrogen-bond acceptors (Lipinski definition) is 5. The number of nitrogens with one attached hydrogen (secondary N) is 2. The molecule has 0 fully saturated rings. The van der Waals surface area contributed by atoms with Crippen LogP contribution in [0.3, 0.4) is 0 Å². The summed E-state index contributed by atoms with van der Waals surface area (Å²) in [5.74, 6) is 0.452. The second-order valence-electron chi connectivity index (χ2n) is 5.93. The number of H-pyrrole nitrogens is 1. The molecule has 1 aromatic heterocycles. The maximum Gasteiger partial charge on any atom is 0.269 e. The number of nitro groups is 1. The van der Waals surface area contributed by atoms with Crippen LogP contribution in [0.25, 0.3) is 11.3 Å². The molecule has 8 nitrogen and oxygen atoms in total. The molecule has 3 rings (SSSR count). The van der Waals surface area contributed by atoms with Gasteiger partial charge in [0.15, 0.2) is 0 Å². The molecule has 0 spiro atoms. The van der Waals surface area contributed by atoms with Gasteiger partial charge in [-0.15, -0.1) is 0 Å². The van der Waals surface area contributed by atoms with E-state index in [9.17, 15) is 14.9 Å². The van der Waals surface area contributed by atoms with E-state index >= 15 is 0 Å². The van der Waals surface area contributed by atoms with Crippen molar-refractivity contribution in [1.82, 2.24) is 15.5 Å². The lowest BCUT2D eigenvalue weighted by Crippen LogP contribution is -2.26. The maximum atomic E-state index is 12.7. The minimum atomic E-state index is -0.471. The number of nitrogens with zero attached hydrogens (tertiary/aromatic N) is 2. The lowest BCUT2D eigenvalue weighted by Gasteiger charge is -2.15. The third-order valence-corrected chi connectivity index (χ3v) is 4.21. The maximum absolute atomic E-state index is 12.7. The predicted octanol–water partition coefficient (Wildman–Crippen LogP) is 3.48. The summed E-state index contributed by atoms with van der Waals surface area (Å²) in [5, 5.41) is 20.4. The van der Waals surface area contributed by atoms with Gasteiger partial charge in [0.25, 0.3) is 11.6 Å². The van der Waals surface area contributed by atoms with Crippen LogP contribution in [0.2, 0.25) is 0 Å². The van der Waals surface area contributed by atoms with Crippen molar-refractivity contribution in [3.05, 3.63) is 76.0 Å². The molecule has 0 bridgehead atoms. The van der Waals surface area contributed by atoms with Crippen molar-refractivity contribution < 1.29 is 14.5 Å². The summed E-state index contributed by atoms with van der Waals surface area (Å²) in [5.41, 5.74) is 2.43. The summed E-state index contributed by atoms with van der Waals surface area (Å²) in [7, 11) is 1.60. The highest BCUT2D eigenvalue weighted by atomic mass is 16.6. The van der Waals surface area contributed by atoms with Gasteiger partial charge in [-0.3, -0.25) is 20.0 Å². The van der Waals surface area contributed by atoms with E-state index in [1.807, 2.05) is 31.2 Å². The number of aromatic amines is 1. The summed E-state index contributed by atoms with van der Waals surface area (Å²) >= 11 is 0. The first kappa shape index (κ1) is 18.1. The Morgan fingerprint density at radius 3 is 2.44 bits per heavy atom. The highest BCUT2D eigenvalue weighted by molar-refractivity contribution is 6.00. The first-order chi connectivity index (χ1) is 13.0. The van der Waals surface area contributed by atoms with Crippen LogP contribution >= 0.6 is 0 Å². The van der Waals surface area contributed by atoms with E-state index in [-0.39, 0.29) is 17.6 Å². The zero-order valence-electron chi connectivity index (χ0n) is 14.8. The first-order valence-electron chi connectivity index (χ1n) is 8.22. The minimum Gasteiger partial charge on any atom is -0.497 e. The number of ether oxygens (including phenoxy) is 1. The quantitative estimate of drug-likeness (QED) is 0.512. The molecule has 0 radical (unpaired) electrons. The molecule has 0 aliphatic carbocycles. The SMILES string of the molecule is COc1ccc(C(C)NC(=O)c2cn[nH]c2-c2ccc([N+](=O)[O-])cc2)cc1. The molecule has 1 unspecified atom stereocenters. The molecule has 1 amide bonds. The average Bonchev–Trinajstić information content (AvgIpc) is 3.18. The summed E-state index contributed by atoms with van der Waals surface area (Å²) < 4.78 is 5.13. The van der Waals surface area contributed by atoms with Crippen molar-refractivity contribution in [3.8, 4) is 17.0 Å². The lowest BCUT2D eigenvalue weighted by molar-refractivity contribution is -0.384. The van der Waals surface area contributed by atoms with Crippen molar-refractivity contribution in [2.24, 2.45) is 0 Å². The molecule has 3 aromatic rings. The molecule has 2 N–H and O–H groups in total. The van der Waals surface area contributed by atoms with Crippen LogP contribution < -0.4 is 10.1 Å². The van der Waals surface area contributed by atoms with Gasteiger partial charge in [0.05, 0.1) is 35.5 Å². The molecule has 2 aromatic carbocycles. The monoisotopic (exact) mass is 366 g/mol. The Balaban J connectivity index is 1.77. The summed E-state index contributed by atoms with van der Waals surface area (Å²) in [6, 6.07) is 13.1. The molecule has 0 saturated heterocycles. The Bertz CT molecular complexity index is 949. The van der Waals surface area contributed by atoms with Crippen LogP contribution in [-0.2, 0) is 0 Å². The van der Waals surface area contributed by atoms with Gasteiger partial charge >= 0.3 is 0 Å². The van der Waals surface area contributed by atoms with Crippen LogP contribution in [0, 0.1) is 10.1 Å². The Hall–Kier alpha value is -3.68. The van der Waals surface area contributed by atoms with Crippen molar-refractivity contribution in [3.63, 3.8) is 0 Å². The first-order valence-corrected chi connectivity index (χ1v) is 8.22. The molecule has 1 heterocycles. The normalized spacial score (nSPS) is 11.6. The Morgan fingerprint density at radius 1 is 1.19 bits per heavy atom. The zero-order chi connectivity index (χ0) is 19.4. The highest BCUT2D eigenvalue weighted by Gasteiger charge is 2.18. The van der Waals surface area contributed by atoms with Gasteiger partial charge in [-0.25, -0.2) is 0 Å². The lowest BCUT2D eigenvalue weighted by atomic mass is 10.1. The summed E-state index contributed by atoms with van der Waals surface area (Å²) in [4.78, 5) is 23.0. The van der Waals surface area contributed by atoms with Gasteiger partial charge in [-0.05, 0) is 36.8 Å². The molecule has 0 aliphatic heterocycles. The number of carbonyl (C=O) groups is 1. The fourth-order valence-corrected chi connectivity index (χ4v) is 2.68. The fourth-order valence-electron chi connectivity index (χ4n) is 2.68. The number of carbonyl (C=O) groups excluding carboxylic acids is 1. The molecule has 1 atom stereocenters. The zero-order valence-corrected chi connectivity index (χ0v) is 14.8. The van der Waals surface area contributed by atoms with Crippen LogP contribution in [0.15, 0.2) is 54.7 Å². The summed E-state index contributed by atoms with van der Waals surface area (Å²) in [6.07, 6.45) is 1.44. The largest absolute Gasteiger partial charge is 0.497 e. The Labute approximate surface area is 155 Å². The number of rotatable bonds is 6. The van der Waals surface area contributed by atoms with Gasteiger partial charge in [0.1, 0.15) is 5.75 Å². The van der Waals surface area contributed by atoms with E-state index in [0.717, 1.165) is 11.3 Å². The second kappa shape index (κ2) is 7.69. The number of amides is 1. The van der Waals surface area contributed by atoms with Crippen LogP contribution in [0.1, 0.15) is 28.9 Å². The molecule has 0 saturated carbocycles.